The van der Waals surface area contributed by atoms with Gasteiger partial charge in [0, 0.05) is 12.1 Å². The molecule has 1 N–H and O–H groups in total. The van der Waals surface area contributed by atoms with Gasteiger partial charge in [-0.15, -0.1) is 0 Å². The number of esters is 1. The van der Waals surface area contributed by atoms with E-state index >= 15 is 0 Å². The Morgan fingerprint density at radius 3 is 2.37 bits per heavy atom. The number of ether oxygens (including phenoxy) is 1. The van der Waals surface area contributed by atoms with Crippen LogP contribution in [0.15, 0.2) is 64.1 Å². The topological polar surface area (TPSA) is 143 Å². The van der Waals surface area contributed by atoms with Crippen molar-refractivity contribution in [1.82, 2.24) is 24.5 Å². The number of aryl methyl sites for hydroxylation is 1. The van der Waals surface area contributed by atoms with Gasteiger partial charge in [-0.2, -0.15) is 22.9 Å². The average molecular weight is 625 g/mol. The van der Waals surface area contributed by atoms with Gasteiger partial charge in [0.15, 0.2) is 5.69 Å². The summed E-state index contributed by atoms with van der Waals surface area (Å²) in [6, 6.07) is 11.8. The number of carbonyl (C=O) groups excluding carboxylic acids is 2. The van der Waals surface area contributed by atoms with Crippen molar-refractivity contribution in [2.75, 3.05) is 18.3 Å². The van der Waals surface area contributed by atoms with Gasteiger partial charge >= 0.3 is 12.1 Å². The van der Waals surface area contributed by atoms with Crippen molar-refractivity contribution >= 4 is 21.9 Å². The van der Waals surface area contributed by atoms with E-state index in [0.29, 0.717) is 18.5 Å². The van der Waals surface area contributed by atoms with Gasteiger partial charge in [-0.1, -0.05) is 43.7 Å². The van der Waals surface area contributed by atoms with E-state index in [-0.39, 0.29) is 22.2 Å². The van der Waals surface area contributed by atoms with Crippen LogP contribution < -0.4 is 14.6 Å². The first kappa shape index (κ1) is 29.8. The van der Waals surface area contributed by atoms with E-state index in [2.05, 4.69) is 5.10 Å². The van der Waals surface area contributed by atoms with Crippen LogP contribution in [0.25, 0.3) is 16.9 Å². The Morgan fingerprint density at radius 2 is 1.79 bits per heavy atom. The summed E-state index contributed by atoms with van der Waals surface area (Å²) in [6.07, 6.45) is -4.38. The first-order valence-electron chi connectivity index (χ1n) is 13.0. The summed E-state index contributed by atoms with van der Waals surface area (Å²) in [5.41, 5.74) is 0.644. The number of rotatable bonds is 10. The number of sulfonamides is 1. The molecule has 0 bridgehead atoms. The maximum absolute atomic E-state index is 13.5. The van der Waals surface area contributed by atoms with Crippen LogP contribution in [0.3, 0.4) is 0 Å². The largest absolute Gasteiger partial charge is 0.435 e. The number of hydrogen-bond donors (Lipinski definition) is 1. The summed E-state index contributed by atoms with van der Waals surface area (Å²) < 4.78 is 79.4. The lowest BCUT2D eigenvalue weighted by atomic mass is 10.1. The minimum Gasteiger partial charge on any atom is -0.425 e. The Hall–Kier alpha value is -4.67. The average Bonchev–Trinajstić information content (AvgIpc) is 3.49. The molecule has 0 saturated carbocycles. The molecule has 1 saturated heterocycles. The van der Waals surface area contributed by atoms with E-state index in [9.17, 15) is 31.2 Å². The third kappa shape index (κ3) is 6.40. The van der Waals surface area contributed by atoms with E-state index in [0.717, 1.165) is 26.3 Å². The number of aromatic nitrogens is 4. The third-order valence-corrected chi connectivity index (χ3v) is 7.94. The van der Waals surface area contributed by atoms with Crippen LogP contribution in [0.4, 0.5) is 13.2 Å². The molecule has 2 aromatic carbocycles. The lowest BCUT2D eigenvalue weighted by molar-refractivity contribution is -0.163. The minimum atomic E-state index is -4.69. The maximum atomic E-state index is 13.5. The zero-order chi connectivity index (χ0) is 31.1. The van der Waals surface area contributed by atoms with Crippen molar-refractivity contribution in [1.29, 1.82) is 0 Å². The summed E-state index contributed by atoms with van der Waals surface area (Å²) in [5, 5.41) is 5.97. The van der Waals surface area contributed by atoms with Gasteiger partial charge in [-0.05, 0) is 43.7 Å². The first-order chi connectivity index (χ1) is 20.2. The highest BCUT2D eigenvalue weighted by Crippen LogP contribution is 2.33. The number of hydrogen-bond acceptors (Lipinski definition) is 9. The summed E-state index contributed by atoms with van der Waals surface area (Å²) in [6.45, 7) is 5.08. The van der Waals surface area contributed by atoms with E-state index in [1.807, 2.05) is 11.6 Å². The van der Waals surface area contributed by atoms with E-state index in [1.54, 1.807) is 38.1 Å². The molecule has 0 radical (unpaired) electrons. The smallest absolute Gasteiger partial charge is 0.425 e. The van der Waals surface area contributed by atoms with Crippen molar-refractivity contribution in [3.63, 3.8) is 0 Å². The number of benzene rings is 2. The molecular weight excluding hydrogens is 597 g/mol. The molecule has 43 heavy (non-hydrogen) atoms. The summed E-state index contributed by atoms with van der Waals surface area (Å²) >= 11 is 0. The SMILES string of the molecule is Cc1ccc(-c2cc(C(F)(F)F)nn2-c2ccc(S(=O)(=O)NC(=O)C3CCN3n3on3OCOC(=O)C(C)C)cc2)cc1. The van der Waals surface area contributed by atoms with E-state index in [4.69, 9.17) is 14.2 Å². The van der Waals surface area contributed by atoms with Crippen LogP contribution in [0, 0.1) is 12.8 Å². The molecule has 1 aliphatic rings. The molecule has 4 aromatic rings. The molecule has 0 spiro atoms. The van der Waals surface area contributed by atoms with Gasteiger partial charge in [-0.3, -0.25) is 9.59 Å². The fourth-order valence-corrected chi connectivity index (χ4v) is 5.09. The number of nitrogens with one attached hydrogen (secondary N) is 1. The fourth-order valence-electron chi connectivity index (χ4n) is 4.07. The van der Waals surface area contributed by atoms with Crippen molar-refractivity contribution in [2.45, 2.75) is 44.3 Å². The summed E-state index contributed by atoms with van der Waals surface area (Å²) in [5.74, 6) is -1.66. The molecule has 1 aliphatic heterocycles. The standard InChI is InChI=1S/C26H27F3N6O7S/c1-16(2)25(37)40-15-41-35-34(42-35)32-13-12-21(32)24(36)31-43(38,39)20-10-8-19(9-11-20)33-22(14-23(30-33)26(27,28)29)18-6-4-17(3)5-7-18/h4-11,14,16,21H,12-13,15H2,1-3H3,(H,31,36). The van der Waals surface area contributed by atoms with Crippen LogP contribution in [-0.2, 0) is 30.5 Å². The number of nitrogens with zero attached hydrogens (tertiary/aromatic N) is 5. The first-order valence-corrected chi connectivity index (χ1v) is 14.5. The van der Waals surface area contributed by atoms with Crippen LogP contribution in [0.2, 0.25) is 0 Å². The number of carbonyl (C=O) groups is 2. The quantitative estimate of drug-likeness (QED) is 0.208. The zero-order valence-electron chi connectivity index (χ0n) is 23.1. The summed E-state index contributed by atoms with van der Waals surface area (Å²) in [7, 11) is -4.34. The van der Waals surface area contributed by atoms with Gasteiger partial charge in [0.2, 0.25) is 0 Å². The van der Waals surface area contributed by atoms with E-state index in [1.165, 1.54) is 29.3 Å². The second kappa shape index (κ2) is 11.2. The molecule has 1 fully saturated rings. The molecule has 1 amide bonds. The number of halogens is 3. The molecule has 5 rings (SSSR count). The monoisotopic (exact) mass is 624 g/mol. The van der Waals surface area contributed by atoms with Gasteiger partial charge in [0.1, 0.15) is 11.1 Å². The lowest BCUT2D eigenvalue weighted by Gasteiger charge is -2.35. The zero-order valence-corrected chi connectivity index (χ0v) is 23.9. The molecular formula is C26H27F3N6O7S. The molecule has 1 unspecified atom stereocenters. The number of alkyl halides is 3. The molecule has 17 heteroatoms. The Labute approximate surface area is 243 Å². The number of amides is 1. The highest BCUT2D eigenvalue weighted by Gasteiger charge is 2.42. The summed E-state index contributed by atoms with van der Waals surface area (Å²) in [4.78, 5) is 30.2. The van der Waals surface area contributed by atoms with Crippen LogP contribution in [0.1, 0.15) is 31.5 Å². The van der Waals surface area contributed by atoms with Gasteiger partial charge in [-0.25, -0.2) is 22.8 Å². The molecule has 13 nitrogen and oxygen atoms in total. The minimum absolute atomic E-state index is 0.162. The fraction of sp³-hybridized carbons (Fsp3) is 0.346. The molecule has 3 heterocycles. The highest BCUT2D eigenvalue weighted by atomic mass is 32.2. The Morgan fingerprint density at radius 1 is 1.12 bits per heavy atom. The van der Waals surface area contributed by atoms with Crippen molar-refractivity contribution in [3.05, 3.63) is 65.9 Å². The second-order valence-electron chi connectivity index (χ2n) is 10.1. The Kier molecular flexibility index (Phi) is 7.76. The van der Waals surface area contributed by atoms with Crippen LogP contribution >= 0.6 is 0 Å². The van der Waals surface area contributed by atoms with Crippen molar-refractivity contribution in [2.24, 2.45) is 5.92 Å². The highest BCUT2D eigenvalue weighted by molar-refractivity contribution is 7.90. The van der Waals surface area contributed by atoms with Crippen LogP contribution in [0.5, 0.6) is 0 Å². The maximum Gasteiger partial charge on any atom is 0.435 e. The Balaban J connectivity index is 1.26. The van der Waals surface area contributed by atoms with Crippen molar-refractivity contribution in [3.8, 4) is 16.9 Å². The molecule has 230 valence electrons. The van der Waals surface area contributed by atoms with Gasteiger partial charge < -0.3 is 9.57 Å². The molecule has 1 atom stereocenters. The second-order valence-corrected chi connectivity index (χ2v) is 11.7. The van der Waals surface area contributed by atoms with Crippen LogP contribution in [-0.4, -0.2) is 59.4 Å². The normalized spacial score (nSPS) is 15.4. The Bertz CT molecular complexity index is 1720. The third-order valence-electron chi connectivity index (χ3n) is 6.58. The van der Waals surface area contributed by atoms with Gasteiger partial charge in [0.05, 0.1) is 27.2 Å². The van der Waals surface area contributed by atoms with E-state index < -0.39 is 46.6 Å². The predicted octanol–water partition coefficient (Wildman–Crippen LogP) is 2.86. The van der Waals surface area contributed by atoms with Crippen molar-refractivity contribution < 1.29 is 45.4 Å². The predicted molar refractivity (Wildman–Crippen MR) is 143 cm³/mol. The molecule has 2 aromatic heterocycles. The lowest BCUT2D eigenvalue weighted by Crippen LogP contribution is -2.61. The molecule has 0 aliphatic carbocycles. The van der Waals surface area contributed by atoms with Gasteiger partial charge in [0.25, 0.3) is 22.7 Å².